The van der Waals surface area contributed by atoms with Gasteiger partial charge < -0.3 is 14.2 Å². The van der Waals surface area contributed by atoms with Gasteiger partial charge in [-0.25, -0.2) is 9.97 Å². The summed E-state index contributed by atoms with van der Waals surface area (Å²) in [6.45, 7) is 3.94. The zero-order valence-corrected chi connectivity index (χ0v) is 27.6. The number of nitrogens with one attached hydrogen (secondary N) is 2. The molecule has 0 bridgehead atoms. The summed E-state index contributed by atoms with van der Waals surface area (Å²) < 4.78 is 16.4. The number of hydrogen-bond donors (Lipinski definition) is 2. The van der Waals surface area contributed by atoms with Crippen LogP contribution >= 0.6 is 22.7 Å². The molecule has 0 spiro atoms. The molecule has 47 heavy (non-hydrogen) atoms. The molecule has 6 aromatic rings. The van der Waals surface area contributed by atoms with Crippen molar-refractivity contribution in [2.45, 2.75) is 13.8 Å². The fourth-order valence-corrected chi connectivity index (χ4v) is 6.42. The van der Waals surface area contributed by atoms with Crippen molar-refractivity contribution in [2.75, 3.05) is 24.9 Å². The number of carbonyl (C=O) groups excluding carboxylic acids is 2. The van der Waals surface area contributed by atoms with Crippen molar-refractivity contribution in [2.24, 2.45) is 0 Å². The highest BCUT2D eigenvalue weighted by Crippen LogP contribution is 2.33. The van der Waals surface area contributed by atoms with Crippen molar-refractivity contribution in [3.05, 3.63) is 118 Å². The molecule has 236 valence electrons. The lowest BCUT2D eigenvalue weighted by atomic mass is 10.1. The van der Waals surface area contributed by atoms with Gasteiger partial charge in [-0.2, -0.15) is 0 Å². The number of ether oxygens (including phenoxy) is 3. The first-order valence-electron chi connectivity index (χ1n) is 14.5. The van der Waals surface area contributed by atoms with Gasteiger partial charge in [0.1, 0.15) is 23.0 Å². The molecule has 6 rings (SSSR count). The first kappa shape index (κ1) is 31.5. The summed E-state index contributed by atoms with van der Waals surface area (Å²) >= 11 is 2.84. The predicted octanol–water partition coefficient (Wildman–Crippen LogP) is 8.86. The molecule has 4 aromatic carbocycles. The van der Waals surface area contributed by atoms with Crippen LogP contribution in [0.1, 0.15) is 30.5 Å². The third-order valence-corrected chi connectivity index (χ3v) is 9.00. The second kappa shape index (κ2) is 13.9. The molecule has 0 unspecified atom stereocenters. The number of aryl methyl sites for hydroxylation is 2. The standard InChI is InChI=1S/C36H30N4O5S2/c1-21-31(23-5-13-27(43-3)14-6-23)37-35(46-21)39-33(41)25-9-17-29(18-10-25)45-30-19-11-26(12-20-30)34(42)40-36-38-32(22(2)47-36)24-7-15-28(44-4)16-8-24/h5-20H,1-4H3,(H,37,39,41)(H,38,40,42). The maximum atomic E-state index is 12.9. The molecule has 0 aliphatic rings. The van der Waals surface area contributed by atoms with Crippen LogP contribution in [-0.4, -0.2) is 36.0 Å². The fourth-order valence-electron chi connectivity index (χ4n) is 4.76. The van der Waals surface area contributed by atoms with Crippen LogP contribution in [0, 0.1) is 13.8 Å². The summed E-state index contributed by atoms with van der Waals surface area (Å²) in [6, 6.07) is 28.9. The maximum absolute atomic E-state index is 12.9. The molecule has 0 aliphatic heterocycles. The molecule has 2 amide bonds. The lowest BCUT2D eigenvalue weighted by Crippen LogP contribution is -2.11. The number of anilines is 2. The van der Waals surface area contributed by atoms with Crippen molar-refractivity contribution in [1.29, 1.82) is 0 Å². The molecule has 2 heterocycles. The third-order valence-electron chi connectivity index (χ3n) is 7.23. The Morgan fingerprint density at radius 1 is 0.532 bits per heavy atom. The summed E-state index contributed by atoms with van der Waals surface area (Å²) in [5, 5.41) is 6.82. The van der Waals surface area contributed by atoms with E-state index >= 15 is 0 Å². The van der Waals surface area contributed by atoms with Crippen molar-refractivity contribution in [1.82, 2.24) is 9.97 Å². The minimum atomic E-state index is -0.270. The Balaban J connectivity index is 1.04. The molecule has 0 saturated heterocycles. The molecule has 11 heteroatoms. The van der Waals surface area contributed by atoms with Crippen LogP contribution in [0.15, 0.2) is 97.1 Å². The zero-order valence-electron chi connectivity index (χ0n) is 26.0. The lowest BCUT2D eigenvalue weighted by Gasteiger charge is -2.08. The molecule has 0 aliphatic carbocycles. The highest BCUT2D eigenvalue weighted by molar-refractivity contribution is 7.16. The SMILES string of the molecule is COc1ccc(-c2nc(NC(=O)c3ccc(Oc4ccc(C(=O)Nc5nc(-c6ccc(OC)cc6)c(C)s5)cc4)cc3)sc2C)cc1. The Kier molecular flexibility index (Phi) is 9.28. The van der Waals surface area contributed by atoms with Crippen LogP contribution in [-0.2, 0) is 0 Å². The van der Waals surface area contributed by atoms with Crippen LogP contribution in [0.25, 0.3) is 22.5 Å². The van der Waals surface area contributed by atoms with Crippen LogP contribution < -0.4 is 24.8 Å². The van der Waals surface area contributed by atoms with Gasteiger partial charge in [-0.15, -0.1) is 22.7 Å². The quantitative estimate of drug-likeness (QED) is 0.151. The zero-order chi connectivity index (χ0) is 32.9. The van der Waals surface area contributed by atoms with E-state index in [1.807, 2.05) is 62.4 Å². The number of aromatic nitrogens is 2. The van der Waals surface area contributed by atoms with Gasteiger partial charge in [-0.1, -0.05) is 0 Å². The third kappa shape index (κ3) is 7.32. The molecule has 2 aromatic heterocycles. The Labute approximate surface area is 279 Å². The summed E-state index contributed by atoms with van der Waals surface area (Å²) in [5.74, 6) is 2.10. The average Bonchev–Trinajstić information content (AvgIpc) is 3.65. The number of rotatable bonds is 10. The largest absolute Gasteiger partial charge is 0.497 e. The van der Waals surface area contributed by atoms with E-state index in [4.69, 9.17) is 14.2 Å². The number of hydrogen-bond acceptors (Lipinski definition) is 9. The molecule has 0 fully saturated rings. The van der Waals surface area contributed by atoms with Crippen LogP contribution in [0.4, 0.5) is 10.3 Å². The minimum absolute atomic E-state index is 0.270. The molecule has 0 atom stereocenters. The van der Waals surface area contributed by atoms with E-state index in [2.05, 4.69) is 20.6 Å². The van der Waals surface area contributed by atoms with E-state index in [1.54, 1.807) is 62.8 Å². The second-order valence-electron chi connectivity index (χ2n) is 10.4. The van der Waals surface area contributed by atoms with Gasteiger partial charge >= 0.3 is 0 Å². The minimum Gasteiger partial charge on any atom is -0.497 e. The Morgan fingerprint density at radius 2 is 0.872 bits per heavy atom. The molecular formula is C36H30N4O5S2. The average molecular weight is 663 g/mol. The highest BCUT2D eigenvalue weighted by atomic mass is 32.1. The van der Waals surface area contributed by atoms with E-state index in [1.165, 1.54) is 22.7 Å². The normalized spacial score (nSPS) is 10.7. The second-order valence-corrected chi connectivity index (χ2v) is 12.8. The first-order chi connectivity index (χ1) is 22.8. The van der Waals surface area contributed by atoms with E-state index in [9.17, 15) is 9.59 Å². The highest BCUT2D eigenvalue weighted by Gasteiger charge is 2.16. The first-order valence-corrected chi connectivity index (χ1v) is 16.2. The lowest BCUT2D eigenvalue weighted by molar-refractivity contribution is 0.101. The maximum Gasteiger partial charge on any atom is 0.257 e. The number of carbonyl (C=O) groups is 2. The van der Waals surface area contributed by atoms with Crippen molar-refractivity contribution >= 4 is 44.8 Å². The van der Waals surface area contributed by atoms with Gasteiger partial charge in [0.25, 0.3) is 11.8 Å². The molecule has 0 radical (unpaired) electrons. The Bertz CT molecular complexity index is 1870. The van der Waals surface area contributed by atoms with Crippen LogP contribution in [0.5, 0.6) is 23.0 Å². The summed E-state index contributed by atoms with van der Waals surface area (Å²) in [4.78, 5) is 37.1. The summed E-state index contributed by atoms with van der Waals surface area (Å²) in [6.07, 6.45) is 0. The Morgan fingerprint density at radius 3 is 1.21 bits per heavy atom. The monoisotopic (exact) mass is 662 g/mol. The summed E-state index contributed by atoms with van der Waals surface area (Å²) in [7, 11) is 3.25. The van der Waals surface area contributed by atoms with E-state index in [0.29, 0.717) is 32.9 Å². The number of benzene rings is 4. The van der Waals surface area contributed by atoms with Crippen LogP contribution in [0.3, 0.4) is 0 Å². The van der Waals surface area contributed by atoms with Crippen molar-refractivity contribution in [3.8, 4) is 45.5 Å². The number of amides is 2. The number of methoxy groups -OCH3 is 2. The predicted molar refractivity (Wildman–Crippen MR) is 187 cm³/mol. The van der Waals surface area contributed by atoms with E-state index in [0.717, 1.165) is 43.8 Å². The van der Waals surface area contributed by atoms with Gasteiger partial charge in [-0.3, -0.25) is 20.2 Å². The van der Waals surface area contributed by atoms with Crippen molar-refractivity contribution < 1.29 is 23.8 Å². The van der Waals surface area contributed by atoms with E-state index < -0.39 is 0 Å². The van der Waals surface area contributed by atoms with Gasteiger partial charge in [0.15, 0.2) is 10.3 Å². The summed E-state index contributed by atoms with van der Waals surface area (Å²) in [5.41, 5.74) is 4.47. The molecule has 9 nitrogen and oxygen atoms in total. The van der Waals surface area contributed by atoms with Gasteiger partial charge in [0, 0.05) is 32.0 Å². The number of nitrogens with zero attached hydrogens (tertiary/aromatic N) is 2. The fraction of sp³-hybridized carbons (Fsp3) is 0.111. The van der Waals surface area contributed by atoms with Gasteiger partial charge in [0.05, 0.1) is 25.6 Å². The Hall–Kier alpha value is -5.52. The number of thiazole rings is 2. The topological polar surface area (TPSA) is 112 Å². The van der Waals surface area contributed by atoms with Crippen LogP contribution in [0.2, 0.25) is 0 Å². The smallest absolute Gasteiger partial charge is 0.257 e. The van der Waals surface area contributed by atoms with E-state index in [-0.39, 0.29) is 11.8 Å². The molecule has 0 saturated carbocycles. The molecular weight excluding hydrogens is 633 g/mol. The van der Waals surface area contributed by atoms with Gasteiger partial charge in [0.2, 0.25) is 0 Å². The van der Waals surface area contributed by atoms with Gasteiger partial charge in [-0.05, 0) is 111 Å². The van der Waals surface area contributed by atoms with Crippen molar-refractivity contribution in [3.63, 3.8) is 0 Å². The molecule has 2 N–H and O–H groups in total.